The van der Waals surface area contributed by atoms with E-state index in [0.717, 1.165) is 12.1 Å². The minimum atomic E-state index is 0.137. The summed E-state index contributed by atoms with van der Waals surface area (Å²) in [5.41, 5.74) is 2.85. The lowest BCUT2D eigenvalue weighted by Gasteiger charge is -1.99. The van der Waals surface area contributed by atoms with Crippen molar-refractivity contribution >= 4 is 17.1 Å². The quantitative estimate of drug-likeness (QED) is 0.668. The van der Waals surface area contributed by atoms with Gasteiger partial charge in [0.15, 0.2) is 5.78 Å². The first-order valence-corrected chi connectivity index (χ1v) is 7.41. The van der Waals surface area contributed by atoms with Crippen molar-refractivity contribution in [2.45, 2.75) is 12.8 Å². The number of aromatic nitrogens is 2. The van der Waals surface area contributed by atoms with Gasteiger partial charge in [-0.3, -0.25) is 4.79 Å². The zero-order valence-electron chi connectivity index (χ0n) is 10.9. The number of hydrogen-bond acceptors (Lipinski definition) is 3. The van der Waals surface area contributed by atoms with E-state index >= 15 is 0 Å². The molecule has 2 heterocycles. The molecular weight excluding hydrogens is 268 g/mol. The van der Waals surface area contributed by atoms with Crippen molar-refractivity contribution in [3.63, 3.8) is 0 Å². The van der Waals surface area contributed by atoms with Crippen LogP contribution in [0, 0.1) is 0 Å². The Morgan fingerprint density at radius 2 is 2.05 bits per heavy atom. The van der Waals surface area contributed by atoms with Crippen molar-refractivity contribution in [3.8, 4) is 5.69 Å². The third kappa shape index (κ3) is 2.86. The van der Waals surface area contributed by atoms with Gasteiger partial charge in [-0.1, -0.05) is 18.2 Å². The number of ketones is 1. The lowest BCUT2D eigenvalue weighted by atomic mass is 10.1. The zero-order chi connectivity index (χ0) is 13.8. The Morgan fingerprint density at radius 3 is 2.80 bits per heavy atom. The number of benzene rings is 1. The van der Waals surface area contributed by atoms with E-state index in [1.807, 2.05) is 35.7 Å². The molecule has 0 aliphatic rings. The molecule has 100 valence electrons. The number of para-hydroxylation sites is 1. The molecule has 0 radical (unpaired) electrons. The second-order valence-corrected chi connectivity index (χ2v) is 5.34. The highest BCUT2D eigenvalue weighted by atomic mass is 32.1. The van der Waals surface area contributed by atoms with Crippen LogP contribution in [0.25, 0.3) is 5.69 Å². The Labute approximate surface area is 121 Å². The molecule has 0 amide bonds. The SMILES string of the molecule is O=C(CCc1ccsc1)c1cnn(-c2ccccc2)c1. The van der Waals surface area contributed by atoms with Crippen LogP contribution in [0.3, 0.4) is 0 Å². The molecule has 0 N–H and O–H groups in total. The summed E-state index contributed by atoms with van der Waals surface area (Å²) in [7, 11) is 0. The predicted molar refractivity (Wildman–Crippen MR) is 80.5 cm³/mol. The summed E-state index contributed by atoms with van der Waals surface area (Å²) in [4.78, 5) is 12.1. The van der Waals surface area contributed by atoms with Crippen molar-refractivity contribution in [2.75, 3.05) is 0 Å². The maximum Gasteiger partial charge on any atom is 0.166 e. The first-order valence-electron chi connectivity index (χ1n) is 6.47. The van der Waals surface area contributed by atoms with Crippen LogP contribution < -0.4 is 0 Å². The molecule has 0 aliphatic heterocycles. The molecule has 0 atom stereocenters. The van der Waals surface area contributed by atoms with Crippen LogP contribution in [0.1, 0.15) is 22.3 Å². The van der Waals surface area contributed by atoms with Crippen LogP contribution in [0.2, 0.25) is 0 Å². The van der Waals surface area contributed by atoms with Gasteiger partial charge in [0, 0.05) is 12.6 Å². The van der Waals surface area contributed by atoms with Gasteiger partial charge in [0.25, 0.3) is 0 Å². The minimum Gasteiger partial charge on any atom is -0.294 e. The topological polar surface area (TPSA) is 34.9 Å². The molecule has 2 aromatic heterocycles. The number of carbonyl (C=O) groups excluding carboxylic acids is 1. The average Bonchev–Trinajstić information content (AvgIpc) is 3.17. The fourth-order valence-corrected chi connectivity index (χ4v) is 2.73. The summed E-state index contributed by atoms with van der Waals surface area (Å²) >= 11 is 1.66. The molecule has 3 aromatic rings. The maximum absolute atomic E-state index is 12.1. The number of Topliss-reactive ketones (excluding diaryl/α,β-unsaturated/α-hetero) is 1. The molecule has 0 bridgehead atoms. The summed E-state index contributed by atoms with van der Waals surface area (Å²) in [5, 5.41) is 8.37. The third-order valence-corrected chi connectivity index (χ3v) is 3.88. The molecule has 3 rings (SSSR count). The molecule has 20 heavy (non-hydrogen) atoms. The lowest BCUT2D eigenvalue weighted by Crippen LogP contribution is -1.99. The number of nitrogens with zero attached hydrogens (tertiary/aromatic N) is 2. The van der Waals surface area contributed by atoms with Crippen molar-refractivity contribution in [1.29, 1.82) is 0 Å². The van der Waals surface area contributed by atoms with Gasteiger partial charge in [0.05, 0.1) is 17.4 Å². The molecule has 1 aromatic carbocycles. The van der Waals surface area contributed by atoms with E-state index in [4.69, 9.17) is 0 Å². The normalized spacial score (nSPS) is 10.6. The van der Waals surface area contributed by atoms with Crippen molar-refractivity contribution < 1.29 is 4.79 Å². The third-order valence-electron chi connectivity index (χ3n) is 3.15. The van der Waals surface area contributed by atoms with Gasteiger partial charge in [-0.15, -0.1) is 0 Å². The summed E-state index contributed by atoms with van der Waals surface area (Å²) in [6.45, 7) is 0. The standard InChI is InChI=1S/C16H14N2OS/c19-16(7-6-13-8-9-20-12-13)14-10-17-18(11-14)15-4-2-1-3-5-15/h1-5,8-12H,6-7H2. The molecule has 0 unspecified atom stereocenters. The summed E-state index contributed by atoms with van der Waals surface area (Å²) in [6, 6.07) is 11.9. The fraction of sp³-hybridized carbons (Fsp3) is 0.125. The van der Waals surface area contributed by atoms with Crippen LogP contribution in [0.5, 0.6) is 0 Å². The van der Waals surface area contributed by atoms with E-state index in [1.54, 1.807) is 28.4 Å². The van der Waals surface area contributed by atoms with E-state index in [2.05, 4.69) is 16.5 Å². The van der Waals surface area contributed by atoms with Gasteiger partial charge in [-0.2, -0.15) is 16.4 Å². The fourth-order valence-electron chi connectivity index (χ4n) is 2.03. The molecule has 4 heteroatoms. The van der Waals surface area contributed by atoms with Crippen LogP contribution in [0.4, 0.5) is 0 Å². The minimum absolute atomic E-state index is 0.137. The van der Waals surface area contributed by atoms with Crippen molar-refractivity contribution in [2.24, 2.45) is 0 Å². The number of thiophene rings is 1. The number of aryl methyl sites for hydroxylation is 1. The van der Waals surface area contributed by atoms with E-state index < -0.39 is 0 Å². The molecule has 0 saturated carbocycles. The first-order chi connectivity index (χ1) is 9.83. The molecule has 0 saturated heterocycles. The van der Waals surface area contributed by atoms with Crippen LogP contribution >= 0.6 is 11.3 Å². The van der Waals surface area contributed by atoms with E-state index in [9.17, 15) is 4.79 Å². The molecule has 0 spiro atoms. The largest absolute Gasteiger partial charge is 0.294 e. The van der Waals surface area contributed by atoms with Crippen molar-refractivity contribution in [3.05, 3.63) is 70.7 Å². The smallest absolute Gasteiger partial charge is 0.166 e. The molecule has 0 fully saturated rings. The van der Waals surface area contributed by atoms with Gasteiger partial charge in [-0.05, 0) is 40.9 Å². The monoisotopic (exact) mass is 282 g/mol. The summed E-state index contributed by atoms with van der Waals surface area (Å²) in [5.74, 6) is 0.137. The average molecular weight is 282 g/mol. The van der Waals surface area contributed by atoms with Gasteiger partial charge < -0.3 is 0 Å². The van der Waals surface area contributed by atoms with Crippen molar-refractivity contribution in [1.82, 2.24) is 9.78 Å². The Morgan fingerprint density at radius 1 is 1.20 bits per heavy atom. The first kappa shape index (κ1) is 12.8. The maximum atomic E-state index is 12.1. The van der Waals surface area contributed by atoms with Crippen LogP contribution in [-0.4, -0.2) is 15.6 Å². The Bertz CT molecular complexity index is 686. The second kappa shape index (κ2) is 5.84. The molecular formula is C16H14N2OS. The number of hydrogen-bond donors (Lipinski definition) is 0. The Hall–Kier alpha value is -2.20. The second-order valence-electron chi connectivity index (χ2n) is 4.56. The number of rotatable bonds is 5. The van der Waals surface area contributed by atoms with Gasteiger partial charge in [0.2, 0.25) is 0 Å². The van der Waals surface area contributed by atoms with E-state index in [0.29, 0.717) is 12.0 Å². The number of carbonyl (C=O) groups is 1. The summed E-state index contributed by atoms with van der Waals surface area (Å²) < 4.78 is 1.73. The van der Waals surface area contributed by atoms with Crippen LogP contribution in [-0.2, 0) is 6.42 Å². The Balaban J connectivity index is 1.69. The van der Waals surface area contributed by atoms with Gasteiger partial charge in [-0.25, -0.2) is 4.68 Å². The van der Waals surface area contributed by atoms with E-state index in [1.165, 1.54) is 5.56 Å². The highest BCUT2D eigenvalue weighted by Gasteiger charge is 2.09. The molecule has 3 nitrogen and oxygen atoms in total. The lowest BCUT2D eigenvalue weighted by molar-refractivity contribution is 0.0983. The highest BCUT2D eigenvalue weighted by Crippen LogP contribution is 2.13. The molecule has 0 aliphatic carbocycles. The van der Waals surface area contributed by atoms with E-state index in [-0.39, 0.29) is 5.78 Å². The Kier molecular flexibility index (Phi) is 3.74. The summed E-state index contributed by atoms with van der Waals surface area (Å²) in [6.07, 6.45) is 4.75. The zero-order valence-corrected chi connectivity index (χ0v) is 11.7. The predicted octanol–water partition coefficient (Wildman–Crippen LogP) is 3.75. The van der Waals surface area contributed by atoms with Gasteiger partial charge in [0.1, 0.15) is 0 Å². The highest BCUT2D eigenvalue weighted by molar-refractivity contribution is 7.07. The van der Waals surface area contributed by atoms with Crippen LogP contribution in [0.15, 0.2) is 59.6 Å². The van der Waals surface area contributed by atoms with Gasteiger partial charge >= 0.3 is 0 Å².